The highest BCUT2D eigenvalue weighted by atomic mass is 35.5. The zero-order chi connectivity index (χ0) is 24.1. The van der Waals surface area contributed by atoms with Gasteiger partial charge >= 0.3 is 0 Å². The van der Waals surface area contributed by atoms with E-state index in [0.29, 0.717) is 33.8 Å². The fraction of sp³-hybridized carbons (Fsp3) is 0.154. The van der Waals surface area contributed by atoms with Gasteiger partial charge in [-0.3, -0.25) is 0 Å². The molecule has 35 heavy (non-hydrogen) atoms. The minimum atomic E-state index is -0.616. The standard InChI is InChI=1S/C26H20ClFN4O3/c1-33-20-9-7-14(11-21(20)34-2)25-22-23(17-12-15(27)8-10-19(17)35-25)31-26-29-13-30-32(26)24(22)16-5-3-4-6-18(16)28/h3-13,24-25H,1-2H3,(H,29,30,31)/t24-,25+/m1/s1. The van der Waals surface area contributed by atoms with Crippen molar-refractivity contribution < 1.29 is 18.6 Å². The van der Waals surface area contributed by atoms with Crippen molar-refractivity contribution in [2.24, 2.45) is 0 Å². The van der Waals surface area contributed by atoms with E-state index in [1.807, 2.05) is 30.3 Å². The second-order valence-electron chi connectivity index (χ2n) is 8.16. The van der Waals surface area contributed by atoms with Crippen LogP contribution >= 0.6 is 11.6 Å². The first-order valence-corrected chi connectivity index (χ1v) is 11.3. The molecular weight excluding hydrogens is 471 g/mol. The highest BCUT2D eigenvalue weighted by molar-refractivity contribution is 6.30. The lowest BCUT2D eigenvalue weighted by Crippen LogP contribution is -2.32. The number of aromatic nitrogens is 3. The molecule has 3 aromatic carbocycles. The van der Waals surface area contributed by atoms with Gasteiger partial charge in [-0.1, -0.05) is 35.9 Å². The number of nitrogens with zero attached hydrogens (tertiary/aromatic N) is 3. The topological polar surface area (TPSA) is 70.4 Å². The lowest BCUT2D eigenvalue weighted by Gasteiger charge is -2.39. The lowest BCUT2D eigenvalue weighted by atomic mass is 9.84. The molecule has 0 bridgehead atoms. The van der Waals surface area contributed by atoms with Crippen molar-refractivity contribution in [2.75, 3.05) is 19.5 Å². The van der Waals surface area contributed by atoms with Crippen molar-refractivity contribution in [3.05, 3.63) is 100 Å². The van der Waals surface area contributed by atoms with E-state index in [0.717, 1.165) is 22.4 Å². The van der Waals surface area contributed by atoms with Gasteiger partial charge in [0.25, 0.3) is 0 Å². The van der Waals surface area contributed by atoms with Gasteiger partial charge in [0.15, 0.2) is 11.5 Å². The average molecular weight is 491 g/mol. The Morgan fingerprint density at radius 1 is 1.03 bits per heavy atom. The Kier molecular flexibility index (Phi) is 5.11. The lowest BCUT2D eigenvalue weighted by molar-refractivity contribution is 0.221. The molecule has 0 aliphatic carbocycles. The fourth-order valence-electron chi connectivity index (χ4n) is 4.73. The number of rotatable bonds is 4. The van der Waals surface area contributed by atoms with Crippen LogP contribution in [0.15, 0.2) is 72.6 Å². The Morgan fingerprint density at radius 2 is 1.86 bits per heavy atom. The molecule has 1 aromatic heterocycles. The number of halogens is 2. The van der Waals surface area contributed by atoms with E-state index in [1.165, 1.54) is 12.4 Å². The molecule has 7 nitrogen and oxygen atoms in total. The van der Waals surface area contributed by atoms with E-state index in [4.69, 9.17) is 25.8 Å². The second kappa shape index (κ2) is 8.32. The van der Waals surface area contributed by atoms with Crippen LogP contribution in [0, 0.1) is 5.82 Å². The van der Waals surface area contributed by atoms with Gasteiger partial charge in [-0.25, -0.2) is 9.07 Å². The zero-order valence-corrected chi connectivity index (χ0v) is 19.6. The molecule has 176 valence electrons. The smallest absolute Gasteiger partial charge is 0.226 e. The molecule has 2 aliphatic rings. The summed E-state index contributed by atoms with van der Waals surface area (Å²) in [5, 5.41) is 8.37. The van der Waals surface area contributed by atoms with Crippen molar-refractivity contribution >= 4 is 23.2 Å². The third-order valence-corrected chi connectivity index (χ3v) is 6.52. The number of methoxy groups -OCH3 is 2. The van der Waals surface area contributed by atoms with Gasteiger partial charge in [0.2, 0.25) is 5.95 Å². The van der Waals surface area contributed by atoms with Crippen molar-refractivity contribution in [1.29, 1.82) is 0 Å². The number of hydrogen-bond donors (Lipinski definition) is 1. The van der Waals surface area contributed by atoms with E-state index >= 15 is 4.39 Å². The van der Waals surface area contributed by atoms with Crippen LogP contribution in [0.5, 0.6) is 17.2 Å². The number of ether oxygens (including phenoxy) is 3. The number of hydrogen-bond acceptors (Lipinski definition) is 6. The van der Waals surface area contributed by atoms with Crippen LogP contribution < -0.4 is 19.5 Å². The molecule has 0 spiro atoms. The SMILES string of the molecule is COc1ccc([C@@H]2Oc3ccc(Cl)cc3C3=C2[C@@H](c2ccccc2F)n2ncnc2N3)cc1OC. The predicted octanol–water partition coefficient (Wildman–Crippen LogP) is 5.65. The monoisotopic (exact) mass is 490 g/mol. The first kappa shape index (κ1) is 21.5. The summed E-state index contributed by atoms with van der Waals surface area (Å²) in [7, 11) is 3.16. The summed E-state index contributed by atoms with van der Waals surface area (Å²) in [4.78, 5) is 4.37. The van der Waals surface area contributed by atoms with Crippen LogP contribution in [-0.4, -0.2) is 29.0 Å². The second-order valence-corrected chi connectivity index (χ2v) is 8.60. The number of anilines is 1. The molecule has 2 aliphatic heterocycles. The molecule has 0 fully saturated rings. The third kappa shape index (κ3) is 3.40. The van der Waals surface area contributed by atoms with E-state index < -0.39 is 12.1 Å². The molecule has 3 heterocycles. The average Bonchev–Trinajstić information content (AvgIpc) is 3.35. The molecule has 0 amide bonds. The van der Waals surface area contributed by atoms with Gasteiger partial charge in [-0.2, -0.15) is 10.1 Å². The molecule has 1 N–H and O–H groups in total. The summed E-state index contributed by atoms with van der Waals surface area (Å²) in [6.07, 6.45) is 0.854. The number of nitrogens with one attached hydrogen (secondary N) is 1. The molecular formula is C26H20ClFN4O3. The molecule has 2 atom stereocenters. The highest BCUT2D eigenvalue weighted by Crippen LogP contribution is 2.51. The highest BCUT2D eigenvalue weighted by Gasteiger charge is 2.42. The fourth-order valence-corrected chi connectivity index (χ4v) is 4.90. The van der Waals surface area contributed by atoms with Crippen LogP contribution in [-0.2, 0) is 0 Å². The minimum absolute atomic E-state index is 0.351. The van der Waals surface area contributed by atoms with Crippen LogP contribution in [0.1, 0.15) is 28.8 Å². The van der Waals surface area contributed by atoms with E-state index in [9.17, 15) is 0 Å². The molecule has 0 saturated carbocycles. The van der Waals surface area contributed by atoms with Gasteiger partial charge in [0.1, 0.15) is 30.0 Å². The van der Waals surface area contributed by atoms with E-state index in [-0.39, 0.29) is 5.82 Å². The summed E-state index contributed by atoms with van der Waals surface area (Å²) >= 11 is 6.36. The Balaban J connectivity index is 1.63. The first-order chi connectivity index (χ1) is 17.1. The van der Waals surface area contributed by atoms with Crippen LogP contribution in [0.25, 0.3) is 5.70 Å². The molecule has 6 rings (SSSR count). The van der Waals surface area contributed by atoms with Crippen molar-refractivity contribution in [2.45, 2.75) is 12.1 Å². The Hall–Kier alpha value is -4.04. The predicted molar refractivity (Wildman–Crippen MR) is 129 cm³/mol. The molecule has 0 saturated heterocycles. The van der Waals surface area contributed by atoms with E-state index in [2.05, 4.69) is 15.4 Å². The summed E-state index contributed by atoms with van der Waals surface area (Å²) in [6, 6.07) is 17.1. The molecule has 9 heteroatoms. The van der Waals surface area contributed by atoms with Crippen molar-refractivity contribution in [3.63, 3.8) is 0 Å². The summed E-state index contributed by atoms with van der Waals surface area (Å²) < 4.78 is 34.4. The molecule has 0 radical (unpaired) electrons. The summed E-state index contributed by atoms with van der Waals surface area (Å²) in [6.45, 7) is 0. The van der Waals surface area contributed by atoms with Crippen LogP contribution in [0.4, 0.5) is 10.3 Å². The first-order valence-electron chi connectivity index (χ1n) is 10.9. The Morgan fingerprint density at radius 3 is 2.66 bits per heavy atom. The van der Waals surface area contributed by atoms with Crippen molar-refractivity contribution in [3.8, 4) is 17.2 Å². The van der Waals surface area contributed by atoms with Gasteiger partial charge in [-0.05, 0) is 36.4 Å². The Labute approximate surface area is 205 Å². The largest absolute Gasteiger partial charge is 0.493 e. The van der Waals surface area contributed by atoms with Gasteiger partial charge in [0.05, 0.1) is 19.9 Å². The normalized spacial score (nSPS) is 18.1. The quantitative estimate of drug-likeness (QED) is 0.399. The summed E-state index contributed by atoms with van der Waals surface area (Å²) in [5.41, 5.74) is 3.55. The number of fused-ring (bicyclic) bond motifs is 3. The number of benzene rings is 3. The van der Waals surface area contributed by atoms with Gasteiger partial charge in [-0.15, -0.1) is 0 Å². The minimum Gasteiger partial charge on any atom is -0.493 e. The Bertz CT molecular complexity index is 1490. The van der Waals surface area contributed by atoms with Crippen LogP contribution in [0.3, 0.4) is 0 Å². The van der Waals surface area contributed by atoms with Crippen LogP contribution in [0.2, 0.25) is 5.02 Å². The van der Waals surface area contributed by atoms with E-state index in [1.54, 1.807) is 43.2 Å². The zero-order valence-electron chi connectivity index (χ0n) is 18.8. The van der Waals surface area contributed by atoms with Gasteiger partial charge < -0.3 is 19.5 Å². The maximum Gasteiger partial charge on any atom is 0.226 e. The summed E-state index contributed by atoms with van der Waals surface area (Å²) in [5.74, 6) is 1.94. The van der Waals surface area contributed by atoms with Gasteiger partial charge in [0, 0.05) is 27.3 Å². The molecule has 0 unspecified atom stereocenters. The maximum absolute atomic E-state index is 15.2. The van der Waals surface area contributed by atoms with Crippen molar-refractivity contribution in [1.82, 2.24) is 14.8 Å². The maximum atomic E-state index is 15.2. The third-order valence-electron chi connectivity index (χ3n) is 6.29. The molecule has 4 aromatic rings.